The van der Waals surface area contributed by atoms with E-state index in [9.17, 15) is 0 Å². The predicted molar refractivity (Wildman–Crippen MR) is 71.1 cm³/mol. The van der Waals surface area contributed by atoms with Crippen LogP contribution in [-0.4, -0.2) is 24.3 Å². The lowest BCUT2D eigenvalue weighted by Crippen LogP contribution is -2.29. The summed E-state index contributed by atoms with van der Waals surface area (Å²) in [6, 6.07) is 7.98. The van der Waals surface area contributed by atoms with Crippen LogP contribution in [0.1, 0.15) is 30.4 Å². The maximum atomic E-state index is 7.43. The van der Waals surface area contributed by atoms with Crippen LogP contribution in [0.15, 0.2) is 24.3 Å². The van der Waals surface area contributed by atoms with Crippen molar-refractivity contribution in [2.75, 3.05) is 13.6 Å². The summed E-state index contributed by atoms with van der Waals surface area (Å²) in [4.78, 5) is 2.36. The number of amidine groups is 1. The molecule has 92 valence electrons. The molecule has 1 aromatic rings. The predicted octanol–water partition coefficient (Wildman–Crippen LogP) is 2.20. The van der Waals surface area contributed by atoms with E-state index >= 15 is 0 Å². The highest BCUT2D eigenvalue weighted by Gasteiger charge is 2.18. The first-order valence-corrected chi connectivity index (χ1v) is 6.27. The average Bonchev–Trinajstić information content (AvgIpc) is 2.24. The molecule has 0 bridgehead atoms. The molecule has 0 aromatic heterocycles. The summed E-state index contributed by atoms with van der Waals surface area (Å²) >= 11 is 0. The van der Waals surface area contributed by atoms with Crippen LogP contribution in [0.2, 0.25) is 0 Å². The fraction of sp³-hybridized carbons (Fsp3) is 0.500. The van der Waals surface area contributed by atoms with Gasteiger partial charge in [-0.1, -0.05) is 24.6 Å². The van der Waals surface area contributed by atoms with Crippen LogP contribution in [0.5, 0.6) is 0 Å². The van der Waals surface area contributed by atoms with Crippen molar-refractivity contribution in [2.24, 2.45) is 11.7 Å². The summed E-state index contributed by atoms with van der Waals surface area (Å²) in [6.07, 6.45) is 4.17. The van der Waals surface area contributed by atoms with Gasteiger partial charge in [-0.3, -0.25) is 5.41 Å². The second-order valence-corrected chi connectivity index (χ2v) is 5.11. The van der Waals surface area contributed by atoms with Gasteiger partial charge in [-0.05, 0) is 37.4 Å². The molecule has 1 aliphatic carbocycles. The molecule has 0 radical (unpaired) electrons. The Bertz CT molecular complexity index is 396. The van der Waals surface area contributed by atoms with Gasteiger partial charge in [0.1, 0.15) is 5.84 Å². The van der Waals surface area contributed by atoms with Gasteiger partial charge >= 0.3 is 0 Å². The van der Waals surface area contributed by atoms with E-state index in [1.807, 2.05) is 18.2 Å². The van der Waals surface area contributed by atoms with Crippen LogP contribution in [-0.2, 0) is 6.54 Å². The van der Waals surface area contributed by atoms with Crippen LogP contribution in [0.4, 0.5) is 0 Å². The molecule has 0 spiro atoms. The van der Waals surface area contributed by atoms with Gasteiger partial charge in [0.05, 0.1) is 0 Å². The molecule has 3 N–H and O–H groups in total. The van der Waals surface area contributed by atoms with Crippen molar-refractivity contribution in [3.05, 3.63) is 35.4 Å². The molecular weight excluding hydrogens is 210 g/mol. The highest BCUT2D eigenvalue weighted by Crippen LogP contribution is 2.27. The van der Waals surface area contributed by atoms with Crippen molar-refractivity contribution < 1.29 is 0 Å². The van der Waals surface area contributed by atoms with Gasteiger partial charge in [0, 0.05) is 18.7 Å². The van der Waals surface area contributed by atoms with Gasteiger partial charge < -0.3 is 10.6 Å². The third-order valence-electron chi connectivity index (χ3n) is 3.49. The van der Waals surface area contributed by atoms with Gasteiger partial charge in [0.2, 0.25) is 0 Å². The number of hydrogen-bond acceptors (Lipinski definition) is 2. The first kappa shape index (κ1) is 12.1. The molecule has 1 fully saturated rings. The number of nitrogens with two attached hydrogens (primary N) is 1. The fourth-order valence-electron chi connectivity index (χ4n) is 2.33. The van der Waals surface area contributed by atoms with E-state index in [2.05, 4.69) is 18.0 Å². The minimum atomic E-state index is 0.147. The summed E-state index contributed by atoms with van der Waals surface area (Å²) < 4.78 is 0. The minimum Gasteiger partial charge on any atom is -0.384 e. The lowest BCUT2D eigenvalue weighted by molar-refractivity contribution is 0.200. The quantitative estimate of drug-likeness (QED) is 0.603. The first-order chi connectivity index (χ1) is 8.15. The summed E-state index contributed by atoms with van der Waals surface area (Å²) in [5, 5.41) is 7.43. The van der Waals surface area contributed by atoms with Crippen molar-refractivity contribution in [3.8, 4) is 0 Å². The molecule has 1 aliphatic rings. The summed E-state index contributed by atoms with van der Waals surface area (Å²) in [7, 11) is 2.17. The first-order valence-electron chi connectivity index (χ1n) is 6.27. The average molecular weight is 231 g/mol. The zero-order valence-electron chi connectivity index (χ0n) is 10.4. The number of rotatable bonds is 5. The molecule has 0 atom stereocenters. The van der Waals surface area contributed by atoms with Crippen molar-refractivity contribution in [2.45, 2.75) is 25.8 Å². The van der Waals surface area contributed by atoms with Crippen LogP contribution in [0, 0.1) is 11.3 Å². The van der Waals surface area contributed by atoms with Crippen molar-refractivity contribution >= 4 is 5.84 Å². The van der Waals surface area contributed by atoms with Gasteiger partial charge in [0.25, 0.3) is 0 Å². The molecule has 0 unspecified atom stereocenters. The smallest absolute Gasteiger partial charge is 0.122 e. The highest BCUT2D eigenvalue weighted by atomic mass is 15.1. The monoisotopic (exact) mass is 231 g/mol. The van der Waals surface area contributed by atoms with Gasteiger partial charge in [-0.15, -0.1) is 0 Å². The van der Waals surface area contributed by atoms with Crippen LogP contribution in [0.3, 0.4) is 0 Å². The number of benzene rings is 1. The molecule has 0 heterocycles. The second-order valence-electron chi connectivity index (χ2n) is 5.11. The number of nitrogen functional groups attached to an aromatic ring is 1. The molecule has 2 rings (SSSR count). The molecule has 1 aromatic carbocycles. The Kier molecular flexibility index (Phi) is 3.79. The molecule has 0 saturated heterocycles. The lowest BCUT2D eigenvalue weighted by atomic mass is 9.85. The molecule has 1 saturated carbocycles. The normalized spacial score (nSPS) is 15.9. The summed E-state index contributed by atoms with van der Waals surface area (Å²) in [6.45, 7) is 2.13. The molecule has 0 aliphatic heterocycles. The van der Waals surface area contributed by atoms with Crippen LogP contribution < -0.4 is 5.73 Å². The van der Waals surface area contributed by atoms with Crippen LogP contribution >= 0.6 is 0 Å². The van der Waals surface area contributed by atoms with Crippen molar-refractivity contribution in [3.63, 3.8) is 0 Å². The van der Waals surface area contributed by atoms with Gasteiger partial charge in [-0.2, -0.15) is 0 Å². The Balaban J connectivity index is 1.92. The zero-order valence-corrected chi connectivity index (χ0v) is 10.4. The highest BCUT2D eigenvalue weighted by molar-refractivity contribution is 5.95. The van der Waals surface area contributed by atoms with Gasteiger partial charge in [0.15, 0.2) is 0 Å². The Labute approximate surface area is 103 Å². The molecule has 0 amide bonds. The standard InChI is InChI=1S/C14H21N3/c1-17(9-11-4-2-5-11)10-12-6-3-7-13(8-12)14(15)16/h3,6-8,11H,2,4-5,9-10H2,1H3,(H3,15,16). The Morgan fingerprint density at radius 2 is 2.24 bits per heavy atom. The summed E-state index contributed by atoms with van der Waals surface area (Å²) in [5.74, 6) is 1.05. The van der Waals surface area contributed by atoms with E-state index in [-0.39, 0.29) is 5.84 Å². The number of hydrogen-bond donors (Lipinski definition) is 2. The molecule has 3 heteroatoms. The van der Waals surface area contributed by atoms with E-state index in [1.54, 1.807) is 0 Å². The third-order valence-corrected chi connectivity index (χ3v) is 3.49. The molecule has 17 heavy (non-hydrogen) atoms. The second kappa shape index (κ2) is 5.32. The van der Waals surface area contributed by atoms with E-state index in [0.717, 1.165) is 18.0 Å². The maximum Gasteiger partial charge on any atom is 0.122 e. The maximum absolute atomic E-state index is 7.43. The third kappa shape index (κ3) is 3.30. The fourth-order valence-corrected chi connectivity index (χ4v) is 2.33. The Hall–Kier alpha value is -1.35. The van der Waals surface area contributed by atoms with E-state index in [4.69, 9.17) is 11.1 Å². The lowest BCUT2D eigenvalue weighted by Gasteiger charge is -2.30. The zero-order chi connectivity index (χ0) is 12.3. The molecule has 3 nitrogen and oxygen atoms in total. The minimum absolute atomic E-state index is 0.147. The van der Waals surface area contributed by atoms with Crippen LogP contribution in [0.25, 0.3) is 0 Å². The van der Waals surface area contributed by atoms with E-state index < -0.39 is 0 Å². The van der Waals surface area contributed by atoms with Gasteiger partial charge in [-0.25, -0.2) is 0 Å². The van der Waals surface area contributed by atoms with E-state index in [0.29, 0.717) is 0 Å². The van der Waals surface area contributed by atoms with Crippen molar-refractivity contribution in [1.82, 2.24) is 4.90 Å². The Morgan fingerprint density at radius 1 is 1.47 bits per heavy atom. The largest absolute Gasteiger partial charge is 0.384 e. The van der Waals surface area contributed by atoms with Crippen molar-refractivity contribution in [1.29, 1.82) is 5.41 Å². The molecular formula is C14H21N3. The topological polar surface area (TPSA) is 53.1 Å². The summed E-state index contributed by atoms with van der Waals surface area (Å²) in [5.41, 5.74) is 7.55. The number of nitrogens with one attached hydrogen (secondary N) is 1. The SMILES string of the molecule is CN(Cc1cccc(C(=N)N)c1)CC1CCC1. The van der Waals surface area contributed by atoms with E-state index in [1.165, 1.54) is 31.4 Å². The number of nitrogens with zero attached hydrogens (tertiary/aromatic N) is 1. The Morgan fingerprint density at radius 3 is 2.82 bits per heavy atom.